The highest BCUT2D eigenvalue weighted by Gasteiger charge is 2.18. The third kappa shape index (κ3) is 6.05. The van der Waals surface area contributed by atoms with Gasteiger partial charge in [0.1, 0.15) is 6.04 Å². The second-order valence-corrected chi connectivity index (χ2v) is 5.18. The van der Waals surface area contributed by atoms with Gasteiger partial charge in [-0.25, -0.2) is 0 Å². The SMILES string of the molecule is CCCCC(NCCC(=O)N1CCCCC1)C(=O)O. The molecule has 2 N–H and O–H groups in total. The van der Waals surface area contributed by atoms with E-state index in [1.807, 2.05) is 11.8 Å². The summed E-state index contributed by atoms with van der Waals surface area (Å²) in [4.78, 5) is 24.8. The number of piperidine rings is 1. The number of likely N-dealkylation sites (tertiary alicyclic amines) is 1. The number of carboxylic acids is 1. The second kappa shape index (κ2) is 8.91. The minimum absolute atomic E-state index is 0.145. The quantitative estimate of drug-likeness (QED) is 0.703. The van der Waals surface area contributed by atoms with Crippen LogP contribution < -0.4 is 5.32 Å². The van der Waals surface area contributed by atoms with E-state index in [0.29, 0.717) is 19.4 Å². The Kier molecular flexibility index (Phi) is 7.48. The highest BCUT2D eigenvalue weighted by Crippen LogP contribution is 2.09. The van der Waals surface area contributed by atoms with Crippen molar-refractivity contribution in [2.45, 2.75) is 57.9 Å². The van der Waals surface area contributed by atoms with Crippen LogP contribution in [0.3, 0.4) is 0 Å². The summed E-state index contributed by atoms with van der Waals surface area (Å²) < 4.78 is 0. The zero-order valence-corrected chi connectivity index (χ0v) is 11.9. The maximum Gasteiger partial charge on any atom is 0.320 e. The monoisotopic (exact) mass is 270 g/mol. The lowest BCUT2D eigenvalue weighted by molar-refractivity contribution is -0.140. The molecule has 110 valence electrons. The molecule has 19 heavy (non-hydrogen) atoms. The van der Waals surface area contributed by atoms with E-state index in [9.17, 15) is 9.59 Å². The van der Waals surface area contributed by atoms with Gasteiger partial charge in [0.2, 0.25) is 5.91 Å². The molecule has 1 aliphatic rings. The first-order valence-electron chi connectivity index (χ1n) is 7.39. The van der Waals surface area contributed by atoms with Gasteiger partial charge < -0.3 is 15.3 Å². The van der Waals surface area contributed by atoms with E-state index in [2.05, 4.69) is 5.32 Å². The molecule has 0 bridgehead atoms. The Bertz CT molecular complexity index is 288. The summed E-state index contributed by atoms with van der Waals surface area (Å²) in [5.41, 5.74) is 0. The van der Waals surface area contributed by atoms with Crippen LogP contribution in [0.1, 0.15) is 51.9 Å². The van der Waals surface area contributed by atoms with Crippen molar-refractivity contribution < 1.29 is 14.7 Å². The molecule has 1 heterocycles. The lowest BCUT2D eigenvalue weighted by Crippen LogP contribution is -2.41. The van der Waals surface area contributed by atoms with Gasteiger partial charge in [-0.05, 0) is 25.7 Å². The largest absolute Gasteiger partial charge is 0.480 e. The minimum Gasteiger partial charge on any atom is -0.480 e. The molecule has 5 heteroatoms. The van der Waals surface area contributed by atoms with E-state index in [0.717, 1.165) is 38.8 Å². The van der Waals surface area contributed by atoms with Crippen LogP contribution in [0.4, 0.5) is 0 Å². The summed E-state index contributed by atoms with van der Waals surface area (Å²) in [5, 5.41) is 12.0. The highest BCUT2D eigenvalue weighted by atomic mass is 16.4. The number of unbranched alkanes of at least 4 members (excludes halogenated alkanes) is 1. The van der Waals surface area contributed by atoms with Crippen LogP contribution in [0.25, 0.3) is 0 Å². The van der Waals surface area contributed by atoms with Crippen molar-refractivity contribution in [3.8, 4) is 0 Å². The average Bonchev–Trinajstić information content (AvgIpc) is 2.43. The molecule has 0 aromatic heterocycles. The number of carboxylic acid groups (broad SMARTS) is 1. The predicted molar refractivity (Wildman–Crippen MR) is 74.0 cm³/mol. The number of amides is 1. The molecule has 0 aromatic rings. The molecular formula is C14H26N2O3. The number of rotatable bonds is 8. The van der Waals surface area contributed by atoms with E-state index in [4.69, 9.17) is 5.11 Å². The number of carbonyl (C=O) groups is 2. The van der Waals surface area contributed by atoms with Crippen LogP contribution in [0.5, 0.6) is 0 Å². The van der Waals surface area contributed by atoms with E-state index in [-0.39, 0.29) is 5.91 Å². The van der Waals surface area contributed by atoms with Crippen LogP contribution in [0.15, 0.2) is 0 Å². The van der Waals surface area contributed by atoms with Crippen LogP contribution in [-0.2, 0) is 9.59 Å². The number of nitrogens with one attached hydrogen (secondary N) is 1. The van der Waals surface area contributed by atoms with Gasteiger partial charge in [0.05, 0.1) is 0 Å². The Morgan fingerprint density at radius 1 is 1.26 bits per heavy atom. The number of hydrogen-bond acceptors (Lipinski definition) is 3. The van der Waals surface area contributed by atoms with Crippen LogP contribution in [0, 0.1) is 0 Å². The summed E-state index contributed by atoms with van der Waals surface area (Å²) in [5.74, 6) is -0.675. The van der Waals surface area contributed by atoms with E-state index in [1.54, 1.807) is 0 Å². The van der Waals surface area contributed by atoms with Crippen LogP contribution >= 0.6 is 0 Å². The van der Waals surface area contributed by atoms with Gasteiger partial charge in [0.15, 0.2) is 0 Å². The molecule has 1 atom stereocenters. The molecule has 0 saturated carbocycles. The van der Waals surface area contributed by atoms with Gasteiger partial charge in [-0.15, -0.1) is 0 Å². The number of aliphatic carboxylic acids is 1. The first kappa shape index (κ1) is 16.0. The summed E-state index contributed by atoms with van der Waals surface area (Å²) in [7, 11) is 0. The molecule has 0 radical (unpaired) electrons. The van der Waals surface area contributed by atoms with Gasteiger partial charge >= 0.3 is 5.97 Å². The van der Waals surface area contributed by atoms with Crippen LogP contribution in [0.2, 0.25) is 0 Å². The topological polar surface area (TPSA) is 69.6 Å². The first-order chi connectivity index (χ1) is 9.15. The summed E-state index contributed by atoms with van der Waals surface area (Å²) in [6, 6.07) is -0.519. The molecule has 0 spiro atoms. The number of hydrogen-bond donors (Lipinski definition) is 2. The zero-order chi connectivity index (χ0) is 14.1. The lowest BCUT2D eigenvalue weighted by atomic mass is 10.1. The Labute approximate surface area is 115 Å². The van der Waals surface area contributed by atoms with Gasteiger partial charge in [0, 0.05) is 26.1 Å². The van der Waals surface area contributed by atoms with Crippen molar-refractivity contribution in [1.82, 2.24) is 10.2 Å². The van der Waals surface area contributed by atoms with Gasteiger partial charge in [-0.1, -0.05) is 19.8 Å². The molecule has 1 rings (SSSR count). The third-order valence-electron chi connectivity index (χ3n) is 3.58. The van der Waals surface area contributed by atoms with Crippen molar-refractivity contribution in [3.05, 3.63) is 0 Å². The molecule has 0 aliphatic carbocycles. The average molecular weight is 270 g/mol. The second-order valence-electron chi connectivity index (χ2n) is 5.18. The predicted octanol–water partition coefficient (Wildman–Crippen LogP) is 1.62. The lowest BCUT2D eigenvalue weighted by Gasteiger charge is -2.27. The molecule has 1 unspecified atom stereocenters. The highest BCUT2D eigenvalue weighted by molar-refractivity contribution is 5.77. The first-order valence-corrected chi connectivity index (χ1v) is 7.39. The Morgan fingerprint density at radius 3 is 2.53 bits per heavy atom. The van der Waals surface area contributed by atoms with Gasteiger partial charge in [-0.3, -0.25) is 9.59 Å². The smallest absolute Gasteiger partial charge is 0.320 e. The third-order valence-corrected chi connectivity index (χ3v) is 3.58. The molecule has 1 fully saturated rings. The van der Waals surface area contributed by atoms with Gasteiger partial charge in [0.25, 0.3) is 0 Å². The molecular weight excluding hydrogens is 244 g/mol. The Balaban J connectivity index is 2.22. The fourth-order valence-electron chi connectivity index (χ4n) is 2.38. The van der Waals surface area contributed by atoms with Gasteiger partial charge in [-0.2, -0.15) is 0 Å². The van der Waals surface area contributed by atoms with Crippen molar-refractivity contribution in [1.29, 1.82) is 0 Å². The fraction of sp³-hybridized carbons (Fsp3) is 0.857. The summed E-state index contributed by atoms with van der Waals surface area (Å²) in [6.45, 7) is 4.21. The maximum absolute atomic E-state index is 11.9. The standard InChI is InChI=1S/C14H26N2O3/c1-2-3-7-12(14(18)19)15-9-8-13(17)16-10-5-4-6-11-16/h12,15H,2-11H2,1H3,(H,18,19). The van der Waals surface area contributed by atoms with E-state index in [1.165, 1.54) is 6.42 Å². The maximum atomic E-state index is 11.9. The molecule has 1 aliphatic heterocycles. The molecule has 1 amide bonds. The minimum atomic E-state index is -0.820. The van der Waals surface area contributed by atoms with Crippen molar-refractivity contribution in [2.24, 2.45) is 0 Å². The zero-order valence-electron chi connectivity index (χ0n) is 11.9. The van der Waals surface area contributed by atoms with Crippen LogP contribution in [-0.4, -0.2) is 47.6 Å². The molecule has 0 aromatic carbocycles. The summed E-state index contributed by atoms with van der Waals surface area (Å²) >= 11 is 0. The van der Waals surface area contributed by atoms with Crippen molar-refractivity contribution in [2.75, 3.05) is 19.6 Å². The van der Waals surface area contributed by atoms with Crippen molar-refractivity contribution in [3.63, 3.8) is 0 Å². The number of carbonyl (C=O) groups excluding carboxylic acids is 1. The molecule has 1 saturated heterocycles. The van der Waals surface area contributed by atoms with E-state index < -0.39 is 12.0 Å². The van der Waals surface area contributed by atoms with E-state index >= 15 is 0 Å². The van der Waals surface area contributed by atoms with Crippen molar-refractivity contribution >= 4 is 11.9 Å². The molecule has 5 nitrogen and oxygen atoms in total. The Morgan fingerprint density at radius 2 is 1.95 bits per heavy atom. The fourth-order valence-corrected chi connectivity index (χ4v) is 2.38. The summed E-state index contributed by atoms with van der Waals surface area (Å²) in [6.07, 6.45) is 6.29. The number of nitrogens with zero attached hydrogens (tertiary/aromatic N) is 1. The normalized spacial score (nSPS) is 17.2. The Hall–Kier alpha value is -1.10.